The topological polar surface area (TPSA) is 62.2 Å². The van der Waals surface area contributed by atoms with Gasteiger partial charge in [0.1, 0.15) is 5.15 Å². The maximum absolute atomic E-state index is 5.78. The van der Waals surface area contributed by atoms with Crippen molar-refractivity contribution in [1.82, 2.24) is 20.6 Å². The first kappa shape index (κ1) is 16.7. The van der Waals surface area contributed by atoms with Crippen molar-refractivity contribution < 1.29 is 0 Å². The van der Waals surface area contributed by atoms with Crippen LogP contribution in [0.4, 0.5) is 0 Å². The molecule has 0 aliphatic carbocycles. The van der Waals surface area contributed by atoms with E-state index < -0.39 is 0 Å². The lowest BCUT2D eigenvalue weighted by Crippen LogP contribution is -2.38. The number of nitrogens with one attached hydrogen (secondary N) is 2. The van der Waals surface area contributed by atoms with E-state index in [-0.39, 0.29) is 0 Å². The Morgan fingerprint density at radius 1 is 1.32 bits per heavy atom. The van der Waals surface area contributed by atoms with Crippen LogP contribution in [-0.4, -0.2) is 29.0 Å². The number of rotatable bonds is 6. The van der Waals surface area contributed by atoms with Gasteiger partial charge in [0.15, 0.2) is 5.96 Å². The number of nitrogens with zero attached hydrogens (tertiary/aromatic N) is 3. The lowest BCUT2D eigenvalue weighted by molar-refractivity contribution is 0.798. The zero-order valence-electron chi connectivity index (χ0n) is 12.8. The number of thiazole rings is 1. The molecule has 0 aromatic carbocycles. The highest BCUT2D eigenvalue weighted by atomic mass is 35.5. The highest BCUT2D eigenvalue weighted by Gasteiger charge is 2.02. The van der Waals surface area contributed by atoms with E-state index in [4.69, 9.17) is 11.6 Å². The maximum Gasteiger partial charge on any atom is 0.191 e. The normalized spacial score (nSPS) is 11.5. The van der Waals surface area contributed by atoms with Gasteiger partial charge in [-0.1, -0.05) is 17.7 Å². The first-order valence-electron chi connectivity index (χ1n) is 7.20. The van der Waals surface area contributed by atoms with Crippen molar-refractivity contribution in [1.29, 1.82) is 0 Å². The summed E-state index contributed by atoms with van der Waals surface area (Å²) in [6, 6.07) is 3.80. The molecule has 0 bridgehead atoms. The summed E-state index contributed by atoms with van der Waals surface area (Å²) in [6.45, 7) is 6.33. The summed E-state index contributed by atoms with van der Waals surface area (Å²) in [6.07, 6.45) is 2.67. The van der Waals surface area contributed by atoms with E-state index in [1.165, 1.54) is 4.88 Å². The Bertz CT molecular complexity index is 609. The number of hydrogen-bond acceptors (Lipinski definition) is 4. The molecule has 0 spiro atoms. The molecule has 0 atom stereocenters. The number of aryl methyl sites for hydroxylation is 1. The van der Waals surface area contributed by atoms with Gasteiger partial charge in [-0.3, -0.25) is 0 Å². The lowest BCUT2D eigenvalue weighted by atomic mass is 10.2. The first-order valence-corrected chi connectivity index (χ1v) is 8.46. The van der Waals surface area contributed by atoms with Gasteiger partial charge in [0.25, 0.3) is 0 Å². The largest absolute Gasteiger partial charge is 0.357 e. The number of aliphatic imine (C=N–C) groups is 1. The van der Waals surface area contributed by atoms with Crippen LogP contribution in [0.5, 0.6) is 0 Å². The quantitative estimate of drug-likeness (QED) is 0.483. The van der Waals surface area contributed by atoms with Gasteiger partial charge >= 0.3 is 0 Å². The van der Waals surface area contributed by atoms with Crippen molar-refractivity contribution in [2.45, 2.75) is 26.8 Å². The molecule has 2 N–H and O–H groups in total. The predicted molar refractivity (Wildman–Crippen MR) is 92.6 cm³/mol. The van der Waals surface area contributed by atoms with Crippen LogP contribution in [-0.2, 0) is 13.0 Å². The molecule has 2 heterocycles. The van der Waals surface area contributed by atoms with Crippen LogP contribution in [0.2, 0.25) is 5.15 Å². The van der Waals surface area contributed by atoms with Gasteiger partial charge < -0.3 is 10.6 Å². The highest BCUT2D eigenvalue weighted by Crippen LogP contribution is 2.12. The van der Waals surface area contributed by atoms with Gasteiger partial charge in [0.2, 0.25) is 0 Å². The Balaban J connectivity index is 1.85. The van der Waals surface area contributed by atoms with E-state index in [1.807, 2.05) is 24.6 Å². The smallest absolute Gasteiger partial charge is 0.191 e. The molecule has 0 unspecified atom stereocenters. The molecule has 0 amide bonds. The minimum absolute atomic E-state index is 0.520. The van der Waals surface area contributed by atoms with Gasteiger partial charge in [0.05, 0.1) is 17.7 Å². The first-order chi connectivity index (χ1) is 10.7. The summed E-state index contributed by atoms with van der Waals surface area (Å²) in [5.74, 6) is 0.817. The van der Waals surface area contributed by atoms with E-state index in [2.05, 4.69) is 32.5 Å². The molecule has 0 saturated heterocycles. The average Bonchev–Trinajstić information content (AvgIpc) is 2.92. The number of pyridine rings is 1. The molecule has 0 aliphatic heterocycles. The molecule has 0 aliphatic rings. The van der Waals surface area contributed by atoms with E-state index in [0.717, 1.165) is 36.7 Å². The van der Waals surface area contributed by atoms with Crippen LogP contribution in [0.25, 0.3) is 0 Å². The van der Waals surface area contributed by atoms with Crippen LogP contribution >= 0.6 is 22.9 Å². The number of hydrogen-bond donors (Lipinski definition) is 2. The molecule has 0 fully saturated rings. The summed E-state index contributed by atoms with van der Waals surface area (Å²) in [4.78, 5) is 14.1. The van der Waals surface area contributed by atoms with Crippen LogP contribution in [0, 0.1) is 6.92 Å². The second-order valence-corrected chi connectivity index (χ2v) is 6.05. The van der Waals surface area contributed by atoms with Crippen LogP contribution in [0.3, 0.4) is 0 Å². The summed E-state index contributed by atoms with van der Waals surface area (Å²) in [7, 11) is 0. The van der Waals surface area contributed by atoms with Gasteiger partial charge in [-0.2, -0.15) is 0 Å². The zero-order valence-corrected chi connectivity index (χ0v) is 14.3. The highest BCUT2D eigenvalue weighted by molar-refractivity contribution is 7.09. The Hall–Kier alpha value is -1.66. The summed E-state index contributed by atoms with van der Waals surface area (Å²) < 4.78 is 0. The predicted octanol–water partition coefficient (Wildman–Crippen LogP) is 2.80. The number of halogens is 1. The average molecular weight is 338 g/mol. The minimum Gasteiger partial charge on any atom is -0.357 e. The fourth-order valence-corrected chi connectivity index (χ4v) is 2.66. The summed E-state index contributed by atoms with van der Waals surface area (Å²) >= 11 is 7.42. The third-order valence-electron chi connectivity index (χ3n) is 3.06. The SMILES string of the molecule is CCNC(=NCc1scnc1C)NCCc1ccc(Cl)nc1. The van der Waals surface area contributed by atoms with Crippen molar-refractivity contribution in [3.8, 4) is 0 Å². The van der Waals surface area contributed by atoms with Gasteiger partial charge in [-0.05, 0) is 31.9 Å². The minimum atomic E-state index is 0.520. The molecule has 118 valence electrons. The van der Waals surface area contributed by atoms with Gasteiger partial charge in [-0.15, -0.1) is 11.3 Å². The molecule has 2 rings (SSSR count). The van der Waals surface area contributed by atoms with E-state index in [0.29, 0.717) is 11.7 Å². The number of guanidine groups is 1. The monoisotopic (exact) mass is 337 g/mol. The molecule has 7 heteroatoms. The molecule has 2 aromatic heterocycles. The van der Waals surface area contributed by atoms with Crippen molar-refractivity contribution >= 4 is 28.9 Å². The Morgan fingerprint density at radius 3 is 2.82 bits per heavy atom. The van der Waals surface area contributed by atoms with E-state index in [1.54, 1.807) is 17.5 Å². The van der Waals surface area contributed by atoms with E-state index in [9.17, 15) is 0 Å². The summed E-state index contributed by atoms with van der Waals surface area (Å²) in [5.41, 5.74) is 4.05. The van der Waals surface area contributed by atoms with Crippen LogP contribution < -0.4 is 10.6 Å². The molecule has 5 nitrogen and oxygen atoms in total. The maximum atomic E-state index is 5.78. The fraction of sp³-hybridized carbons (Fsp3) is 0.400. The number of aromatic nitrogens is 2. The van der Waals surface area contributed by atoms with Crippen molar-refractivity contribution in [3.63, 3.8) is 0 Å². The molecule has 0 saturated carbocycles. The Kier molecular flexibility index (Phi) is 6.61. The van der Waals surface area contributed by atoms with Crippen molar-refractivity contribution in [3.05, 3.63) is 45.1 Å². The van der Waals surface area contributed by atoms with Gasteiger partial charge in [-0.25, -0.2) is 15.0 Å². The van der Waals surface area contributed by atoms with Crippen LogP contribution in [0.1, 0.15) is 23.1 Å². The fourth-order valence-electron chi connectivity index (χ4n) is 1.85. The third-order valence-corrected chi connectivity index (χ3v) is 4.21. The second-order valence-electron chi connectivity index (χ2n) is 4.72. The second kappa shape index (κ2) is 8.70. The Morgan fingerprint density at radius 2 is 2.18 bits per heavy atom. The molecular weight excluding hydrogens is 318 g/mol. The third kappa shape index (κ3) is 5.27. The van der Waals surface area contributed by atoms with E-state index >= 15 is 0 Å². The zero-order chi connectivity index (χ0) is 15.8. The molecule has 0 radical (unpaired) electrons. The van der Waals surface area contributed by atoms with Crippen molar-refractivity contribution in [2.24, 2.45) is 4.99 Å². The molecular formula is C15H20ClN5S. The molecule has 2 aromatic rings. The van der Waals surface area contributed by atoms with Gasteiger partial charge in [0, 0.05) is 24.2 Å². The van der Waals surface area contributed by atoms with Crippen LogP contribution in [0.15, 0.2) is 28.8 Å². The Labute approximate surface area is 139 Å². The standard InChI is InChI=1S/C15H20ClN5S/c1-3-17-15(20-9-13-11(2)21-10-22-13)18-7-6-12-4-5-14(16)19-8-12/h4-5,8,10H,3,6-7,9H2,1-2H3,(H2,17,18,20). The van der Waals surface area contributed by atoms with Crippen molar-refractivity contribution in [2.75, 3.05) is 13.1 Å². The lowest BCUT2D eigenvalue weighted by Gasteiger charge is -2.11. The summed E-state index contributed by atoms with van der Waals surface area (Å²) in [5, 5.41) is 7.09. The molecule has 22 heavy (non-hydrogen) atoms.